The number of hydrogen-bond donors (Lipinski definition) is 10. The molecule has 2 fully saturated rings. The van der Waals surface area contributed by atoms with Crippen molar-refractivity contribution in [3.05, 3.63) is 6.33 Å². The molecular formula is C19H35N7O16P3+. The molecule has 26 heteroatoms. The van der Waals surface area contributed by atoms with Gasteiger partial charge in [-0.05, 0) is 25.9 Å². The van der Waals surface area contributed by atoms with Crippen molar-refractivity contribution in [1.82, 2.24) is 19.4 Å². The lowest BCUT2D eigenvalue weighted by Crippen LogP contribution is -2.72. The maximum atomic E-state index is 12.9. The van der Waals surface area contributed by atoms with Gasteiger partial charge >= 0.3 is 23.5 Å². The van der Waals surface area contributed by atoms with E-state index in [1.165, 1.54) is 11.2 Å². The largest absolute Gasteiger partial charge is 0.490 e. The summed E-state index contributed by atoms with van der Waals surface area (Å²) in [7, 11) is -17.4. The number of aromatic nitrogens is 2. The zero-order valence-corrected chi connectivity index (χ0v) is 25.9. The van der Waals surface area contributed by atoms with Gasteiger partial charge in [0.1, 0.15) is 18.5 Å². The SMILES string of the molecule is NCCCCN1CC([N+]2([C@@H]3O[C@H](CO)[C@@H](O)[C@H]3O)C=Nc3c(N)ncnc32)OC(OP(=O)(O)OP(=O)(O)OP(=O)(O)O)C1CO. The van der Waals surface area contributed by atoms with Gasteiger partial charge in [-0.2, -0.15) is 23.1 Å². The van der Waals surface area contributed by atoms with Gasteiger partial charge in [-0.1, -0.05) is 0 Å². The number of aliphatic hydroxyl groups excluding tert-OH is 4. The van der Waals surface area contributed by atoms with E-state index in [9.17, 15) is 43.9 Å². The van der Waals surface area contributed by atoms with Crippen molar-refractivity contribution >= 4 is 47.1 Å². The number of fused-ring (bicyclic) bond motifs is 1. The van der Waals surface area contributed by atoms with E-state index in [1.807, 2.05) is 0 Å². The number of rotatable bonds is 14. The summed E-state index contributed by atoms with van der Waals surface area (Å²) in [6, 6.07) is -1.27. The van der Waals surface area contributed by atoms with E-state index < -0.39 is 84.3 Å². The number of nitrogens with two attached hydrogens (primary N) is 2. The lowest BCUT2D eigenvalue weighted by atomic mass is 10.1. The molecule has 0 radical (unpaired) electrons. The molecule has 6 unspecified atom stereocenters. The molecule has 2 saturated heterocycles. The minimum Gasteiger partial charge on any atom is -0.395 e. The van der Waals surface area contributed by atoms with Gasteiger partial charge in [0.05, 0.1) is 25.8 Å². The molecule has 0 saturated carbocycles. The Morgan fingerprint density at radius 1 is 1.00 bits per heavy atom. The Balaban J connectivity index is 1.77. The fraction of sp³-hybridized carbons (Fsp3) is 0.737. The van der Waals surface area contributed by atoms with Crippen LogP contribution in [0.1, 0.15) is 12.8 Å². The van der Waals surface area contributed by atoms with Crippen LogP contribution >= 0.6 is 23.5 Å². The highest BCUT2D eigenvalue weighted by Gasteiger charge is 2.63. The van der Waals surface area contributed by atoms with Gasteiger partial charge in [0, 0.05) is 0 Å². The number of quaternary nitrogens is 1. The van der Waals surface area contributed by atoms with E-state index in [0.717, 1.165) is 6.33 Å². The zero-order valence-electron chi connectivity index (χ0n) is 23.2. The molecule has 0 bridgehead atoms. The number of morpholine rings is 1. The lowest BCUT2D eigenvalue weighted by Gasteiger charge is -2.49. The number of nitrogen functional groups attached to an aromatic ring is 1. The molecule has 3 aliphatic heterocycles. The van der Waals surface area contributed by atoms with Crippen molar-refractivity contribution in [1.29, 1.82) is 0 Å². The molecule has 0 amide bonds. The van der Waals surface area contributed by atoms with Gasteiger partial charge < -0.3 is 56.2 Å². The highest BCUT2D eigenvalue weighted by atomic mass is 31.3. The second-order valence-corrected chi connectivity index (χ2v) is 14.5. The maximum Gasteiger partial charge on any atom is 0.490 e. The van der Waals surface area contributed by atoms with Gasteiger partial charge in [-0.25, -0.2) is 18.7 Å². The molecular weight excluding hydrogens is 675 g/mol. The third-order valence-electron chi connectivity index (χ3n) is 7.20. The number of aliphatic imine (C=N–C) groups is 1. The van der Waals surface area contributed by atoms with Crippen LogP contribution in [0.4, 0.5) is 17.3 Å². The zero-order chi connectivity index (χ0) is 33.4. The average Bonchev–Trinajstić information content (AvgIpc) is 3.45. The smallest absolute Gasteiger partial charge is 0.395 e. The van der Waals surface area contributed by atoms with Crippen LogP contribution in [-0.2, 0) is 36.3 Å². The minimum absolute atomic E-state index is 0.0160. The predicted molar refractivity (Wildman–Crippen MR) is 148 cm³/mol. The number of phosphoric acid groups is 3. The van der Waals surface area contributed by atoms with Gasteiger partial charge in [0.15, 0.2) is 23.9 Å². The van der Waals surface area contributed by atoms with Crippen molar-refractivity contribution in [2.45, 2.75) is 55.9 Å². The summed E-state index contributed by atoms with van der Waals surface area (Å²) in [5.74, 6) is -0.125. The first-order valence-corrected chi connectivity index (χ1v) is 17.7. The van der Waals surface area contributed by atoms with Crippen molar-refractivity contribution in [3.63, 3.8) is 0 Å². The summed E-state index contributed by atoms with van der Waals surface area (Å²) in [4.78, 5) is 51.6. The predicted octanol–water partition coefficient (Wildman–Crippen LogP) is -3.09. The number of phosphoric ester groups is 1. The molecule has 0 aliphatic carbocycles. The van der Waals surface area contributed by atoms with Crippen LogP contribution in [0.25, 0.3) is 0 Å². The Hall–Kier alpha value is -1.40. The highest BCUT2D eigenvalue weighted by molar-refractivity contribution is 7.66. The van der Waals surface area contributed by atoms with Crippen LogP contribution in [0.5, 0.6) is 0 Å². The average molecular weight is 710 g/mol. The molecule has 1 aromatic heterocycles. The Bertz CT molecular complexity index is 1390. The second kappa shape index (κ2) is 14.0. The quantitative estimate of drug-likeness (QED) is 0.0519. The standard InChI is InChI=1S/C19H34N7O16P3/c20-3-1-2-4-25-5-12(39-19(10(25)6-27)40-44(34,35)42-45(36,37)41-43(31,32)33)26(18-15(30)14(29)11(7-28)38-18)9-24-13-16(21)22-8-23-17(13)26/h8-12,14-15,18-19,27-30H,1-7,20H2,(H5-,21,22,23,31,32,33,34,35,36,37)/p+1/t10?,11-,12?,14-,15-,18-,19?,26?/m1/s1. The van der Waals surface area contributed by atoms with E-state index in [-0.39, 0.29) is 30.4 Å². The minimum atomic E-state index is -5.92. The van der Waals surface area contributed by atoms with Crippen LogP contribution in [0.2, 0.25) is 0 Å². The molecule has 3 aliphatic rings. The summed E-state index contributed by atoms with van der Waals surface area (Å²) in [5, 5.41) is 41.7. The topological polar surface area (TPSA) is 353 Å². The van der Waals surface area contributed by atoms with Crippen molar-refractivity contribution in [2.24, 2.45) is 10.7 Å². The molecule has 4 rings (SSSR count). The van der Waals surface area contributed by atoms with Crippen LogP contribution in [0, 0.1) is 0 Å². The fourth-order valence-electron chi connectivity index (χ4n) is 5.27. The molecule has 10 atom stereocenters. The maximum absolute atomic E-state index is 12.9. The molecule has 4 heterocycles. The molecule has 0 aromatic carbocycles. The van der Waals surface area contributed by atoms with Gasteiger partial charge in [0.2, 0.25) is 18.8 Å². The summed E-state index contributed by atoms with van der Waals surface area (Å²) in [5.41, 5.74) is 11.6. The first-order chi connectivity index (χ1) is 21.0. The Morgan fingerprint density at radius 2 is 1.71 bits per heavy atom. The van der Waals surface area contributed by atoms with Crippen LogP contribution in [-0.4, -0.2) is 137 Å². The summed E-state index contributed by atoms with van der Waals surface area (Å²) in [6.07, 6.45) is -6.34. The number of ether oxygens (including phenoxy) is 2. The third kappa shape index (κ3) is 7.85. The van der Waals surface area contributed by atoms with Crippen LogP contribution in [0.3, 0.4) is 0 Å². The van der Waals surface area contributed by atoms with E-state index in [1.54, 1.807) is 0 Å². The summed E-state index contributed by atoms with van der Waals surface area (Å²) >= 11 is 0. The van der Waals surface area contributed by atoms with Gasteiger partial charge in [-0.3, -0.25) is 14.2 Å². The van der Waals surface area contributed by atoms with E-state index >= 15 is 0 Å². The van der Waals surface area contributed by atoms with Gasteiger partial charge in [0.25, 0.3) is 5.82 Å². The van der Waals surface area contributed by atoms with Crippen molar-refractivity contribution < 1.29 is 76.3 Å². The van der Waals surface area contributed by atoms with E-state index in [2.05, 4.69) is 23.6 Å². The molecule has 256 valence electrons. The summed E-state index contributed by atoms with van der Waals surface area (Å²) in [6.45, 7) is -1.22. The molecule has 45 heavy (non-hydrogen) atoms. The Kier molecular flexibility index (Phi) is 11.3. The highest BCUT2D eigenvalue weighted by Crippen LogP contribution is 2.67. The molecule has 23 nitrogen and oxygen atoms in total. The van der Waals surface area contributed by atoms with E-state index in [0.29, 0.717) is 19.4 Å². The fourth-order valence-corrected chi connectivity index (χ4v) is 8.38. The van der Waals surface area contributed by atoms with Crippen LogP contribution < -0.4 is 16.0 Å². The monoisotopic (exact) mass is 710 g/mol. The molecule has 1 aromatic rings. The number of nitrogens with zero attached hydrogens (tertiary/aromatic N) is 5. The Labute approximate surface area is 254 Å². The van der Waals surface area contributed by atoms with Gasteiger partial charge in [-0.15, -0.1) is 0 Å². The normalized spacial score (nSPS) is 34.8. The lowest BCUT2D eigenvalue weighted by molar-refractivity contribution is -0.253. The first kappa shape index (κ1) is 36.4. The van der Waals surface area contributed by atoms with E-state index in [4.69, 9.17) is 35.3 Å². The number of hydrogen-bond acceptors (Lipinski definition) is 18. The van der Waals surface area contributed by atoms with Crippen LogP contribution in [0.15, 0.2) is 11.3 Å². The molecule has 12 N–H and O–H groups in total. The third-order valence-corrected chi connectivity index (χ3v) is 11.0. The molecule has 0 spiro atoms. The summed E-state index contributed by atoms with van der Waals surface area (Å²) < 4.78 is 59.6. The first-order valence-electron chi connectivity index (χ1n) is 13.2. The number of aliphatic hydroxyl groups is 4. The number of unbranched alkanes of at least 4 members (excludes halogenated alkanes) is 1. The Morgan fingerprint density at radius 3 is 2.31 bits per heavy atom. The number of anilines is 1. The van der Waals surface area contributed by atoms with Crippen molar-refractivity contribution in [3.8, 4) is 0 Å². The van der Waals surface area contributed by atoms with Crippen molar-refractivity contribution in [2.75, 3.05) is 38.6 Å². The second-order valence-electron chi connectivity index (χ2n) is 10.1.